The number of aryl methyl sites for hydroxylation is 1. The lowest BCUT2D eigenvalue weighted by atomic mass is 10.0. The summed E-state index contributed by atoms with van der Waals surface area (Å²) in [6.07, 6.45) is 0. The largest absolute Gasteiger partial charge is 0.207 e. The van der Waals surface area contributed by atoms with Crippen LogP contribution in [0.1, 0.15) is 5.56 Å². The Morgan fingerprint density at radius 2 is 1.57 bits per heavy atom. The van der Waals surface area contributed by atoms with E-state index < -0.39 is 0 Å². The first-order valence-corrected chi connectivity index (χ1v) is 4.59. The zero-order chi connectivity index (χ0) is 9.97. The van der Waals surface area contributed by atoms with E-state index in [1.54, 1.807) is 13.0 Å². The molecule has 2 aromatic carbocycles. The highest BCUT2D eigenvalue weighted by Gasteiger charge is 2.00. The van der Waals surface area contributed by atoms with E-state index >= 15 is 0 Å². The van der Waals surface area contributed by atoms with Gasteiger partial charge in [-0.3, -0.25) is 0 Å². The van der Waals surface area contributed by atoms with E-state index in [1.165, 1.54) is 6.07 Å². The molecule has 0 aliphatic rings. The zero-order valence-corrected chi connectivity index (χ0v) is 8.00. The molecule has 14 heavy (non-hydrogen) atoms. The lowest BCUT2D eigenvalue weighted by Crippen LogP contribution is -1.83. The molecule has 0 spiro atoms. The molecule has 70 valence electrons. The summed E-state index contributed by atoms with van der Waals surface area (Å²) >= 11 is 0. The third kappa shape index (κ3) is 1.67. The molecule has 0 amide bonds. The first-order chi connectivity index (χ1) is 6.77. The van der Waals surface area contributed by atoms with Crippen molar-refractivity contribution in [1.82, 2.24) is 0 Å². The maximum Gasteiger partial charge on any atom is 0.126 e. The molecule has 0 saturated carbocycles. The highest BCUT2D eigenvalue weighted by Crippen LogP contribution is 2.21. The number of hydrogen-bond acceptors (Lipinski definition) is 0. The van der Waals surface area contributed by atoms with Gasteiger partial charge in [0.25, 0.3) is 0 Å². The first-order valence-electron chi connectivity index (χ1n) is 4.59. The maximum atomic E-state index is 13.0. The van der Waals surface area contributed by atoms with Crippen LogP contribution in [0, 0.1) is 12.7 Å². The zero-order valence-electron chi connectivity index (χ0n) is 8.00. The Morgan fingerprint density at radius 3 is 2.21 bits per heavy atom. The van der Waals surface area contributed by atoms with Crippen LogP contribution in [0.2, 0.25) is 0 Å². The van der Waals surface area contributed by atoms with Gasteiger partial charge >= 0.3 is 0 Å². The van der Waals surface area contributed by atoms with Gasteiger partial charge < -0.3 is 0 Å². The fourth-order valence-electron chi connectivity index (χ4n) is 1.45. The van der Waals surface area contributed by atoms with Gasteiger partial charge in [0.2, 0.25) is 0 Å². The molecule has 0 aromatic heterocycles. The quantitative estimate of drug-likeness (QED) is 0.635. The summed E-state index contributed by atoms with van der Waals surface area (Å²) in [5.74, 6) is -0.148. The van der Waals surface area contributed by atoms with Crippen LogP contribution < -0.4 is 0 Å². The van der Waals surface area contributed by atoms with Gasteiger partial charge in [0.15, 0.2) is 0 Å². The SMILES string of the molecule is Cc1cc(-c2ccccc2)ccc1F. The Morgan fingerprint density at radius 1 is 0.857 bits per heavy atom. The van der Waals surface area contributed by atoms with Crippen molar-refractivity contribution in [1.29, 1.82) is 0 Å². The van der Waals surface area contributed by atoms with Crippen molar-refractivity contribution in [2.24, 2.45) is 0 Å². The molecule has 0 bridgehead atoms. The molecule has 0 atom stereocenters. The summed E-state index contributed by atoms with van der Waals surface area (Å²) in [7, 11) is 0. The maximum absolute atomic E-state index is 13.0. The fourth-order valence-corrected chi connectivity index (χ4v) is 1.45. The van der Waals surface area contributed by atoms with Crippen molar-refractivity contribution in [2.45, 2.75) is 6.92 Å². The van der Waals surface area contributed by atoms with Crippen LogP contribution in [0.3, 0.4) is 0 Å². The molecule has 0 aliphatic heterocycles. The fraction of sp³-hybridized carbons (Fsp3) is 0.0769. The summed E-state index contributed by atoms with van der Waals surface area (Å²) < 4.78 is 13.0. The van der Waals surface area contributed by atoms with Crippen molar-refractivity contribution in [3.05, 3.63) is 59.9 Å². The molecular weight excluding hydrogens is 175 g/mol. The molecular formula is C13H11F. The smallest absolute Gasteiger partial charge is 0.126 e. The Labute approximate surface area is 83.0 Å². The third-order valence-electron chi connectivity index (χ3n) is 2.27. The van der Waals surface area contributed by atoms with Gasteiger partial charge in [0.05, 0.1) is 0 Å². The average molecular weight is 186 g/mol. The summed E-state index contributed by atoms with van der Waals surface area (Å²) in [4.78, 5) is 0. The molecule has 0 heterocycles. The van der Waals surface area contributed by atoms with Gasteiger partial charge in [-0.25, -0.2) is 4.39 Å². The molecule has 0 radical (unpaired) electrons. The molecule has 2 aromatic rings. The molecule has 0 N–H and O–H groups in total. The van der Waals surface area contributed by atoms with Crippen LogP contribution in [0.5, 0.6) is 0 Å². The second kappa shape index (κ2) is 3.62. The average Bonchev–Trinajstić information content (AvgIpc) is 2.23. The van der Waals surface area contributed by atoms with E-state index in [4.69, 9.17) is 0 Å². The van der Waals surface area contributed by atoms with Gasteiger partial charge in [-0.05, 0) is 35.7 Å². The van der Waals surface area contributed by atoms with Gasteiger partial charge in [-0.15, -0.1) is 0 Å². The number of halogens is 1. The predicted octanol–water partition coefficient (Wildman–Crippen LogP) is 3.80. The summed E-state index contributed by atoms with van der Waals surface area (Å²) in [5, 5.41) is 0. The van der Waals surface area contributed by atoms with Gasteiger partial charge in [-0.1, -0.05) is 36.4 Å². The van der Waals surface area contributed by atoms with Crippen molar-refractivity contribution in [3.63, 3.8) is 0 Å². The molecule has 2 rings (SSSR count). The minimum Gasteiger partial charge on any atom is -0.207 e. The number of hydrogen-bond donors (Lipinski definition) is 0. The third-order valence-corrected chi connectivity index (χ3v) is 2.27. The summed E-state index contributed by atoms with van der Waals surface area (Å²) in [5.41, 5.74) is 2.87. The lowest BCUT2D eigenvalue weighted by molar-refractivity contribution is 0.619. The highest BCUT2D eigenvalue weighted by atomic mass is 19.1. The Kier molecular flexibility index (Phi) is 2.32. The molecule has 0 unspecified atom stereocenters. The first kappa shape index (κ1) is 8.95. The Bertz CT molecular complexity index is 432. The Hall–Kier alpha value is -1.63. The molecule has 0 fully saturated rings. The van der Waals surface area contributed by atoms with Crippen LogP contribution in [0.25, 0.3) is 11.1 Å². The molecule has 0 saturated heterocycles. The van der Waals surface area contributed by atoms with E-state index in [2.05, 4.69) is 0 Å². The highest BCUT2D eigenvalue weighted by molar-refractivity contribution is 5.63. The van der Waals surface area contributed by atoms with Crippen molar-refractivity contribution in [3.8, 4) is 11.1 Å². The van der Waals surface area contributed by atoms with Crippen LogP contribution >= 0.6 is 0 Å². The van der Waals surface area contributed by atoms with E-state index in [0.29, 0.717) is 5.56 Å². The second-order valence-electron chi connectivity index (χ2n) is 3.33. The van der Waals surface area contributed by atoms with Gasteiger partial charge in [0.1, 0.15) is 5.82 Å². The van der Waals surface area contributed by atoms with Gasteiger partial charge in [0, 0.05) is 0 Å². The van der Waals surface area contributed by atoms with Crippen molar-refractivity contribution < 1.29 is 4.39 Å². The van der Waals surface area contributed by atoms with E-state index in [1.807, 2.05) is 36.4 Å². The summed E-state index contributed by atoms with van der Waals surface area (Å²) in [6, 6.07) is 15.2. The van der Waals surface area contributed by atoms with Crippen LogP contribution in [0.4, 0.5) is 4.39 Å². The lowest BCUT2D eigenvalue weighted by Gasteiger charge is -2.03. The summed E-state index contributed by atoms with van der Waals surface area (Å²) in [6.45, 7) is 1.78. The molecule has 0 nitrogen and oxygen atoms in total. The standard InChI is InChI=1S/C13H11F/c1-10-9-12(7-8-13(10)14)11-5-3-2-4-6-11/h2-9H,1H3. The van der Waals surface area contributed by atoms with Crippen molar-refractivity contribution >= 4 is 0 Å². The number of rotatable bonds is 1. The van der Waals surface area contributed by atoms with E-state index in [0.717, 1.165) is 11.1 Å². The second-order valence-corrected chi connectivity index (χ2v) is 3.33. The van der Waals surface area contributed by atoms with Crippen LogP contribution in [0.15, 0.2) is 48.5 Å². The van der Waals surface area contributed by atoms with Gasteiger partial charge in [-0.2, -0.15) is 0 Å². The molecule has 1 heteroatoms. The predicted molar refractivity (Wildman–Crippen MR) is 56.6 cm³/mol. The topological polar surface area (TPSA) is 0 Å². The van der Waals surface area contributed by atoms with Crippen LogP contribution in [-0.2, 0) is 0 Å². The Balaban J connectivity index is 2.48. The minimum atomic E-state index is -0.148. The normalized spacial score (nSPS) is 10.1. The van der Waals surface area contributed by atoms with E-state index in [9.17, 15) is 4.39 Å². The van der Waals surface area contributed by atoms with E-state index in [-0.39, 0.29) is 5.82 Å². The number of benzene rings is 2. The molecule has 0 aliphatic carbocycles. The minimum absolute atomic E-state index is 0.148. The van der Waals surface area contributed by atoms with Crippen LogP contribution in [-0.4, -0.2) is 0 Å². The van der Waals surface area contributed by atoms with Crippen molar-refractivity contribution in [2.75, 3.05) is 0 Å². The monoisotopic (exact) mass is 186 g/mol.